The molecule has 0 spiro atoms. The summed E-state index contributed by atoms with van der Waals surface area (Å²) in [5.41, 5.74) is 3.59. The number of benzene rings is 1. The molecule has 2 heterocycles. The molecule has 0 radical (unpaired) electrons. The molecule has 3 aromatic rings. The van der Waals surface area contributed by atoms with Crippen LogP contribution in [0.15, 0.2) is 23.0 Å². The second-order valence-corrected chi connectivity index (χ2v) is 10.6. The van der Waals surface area contributed by atoms with Gasteiger partial charge in [0.05, 0.1) is 28.4 Å². The molecule has 0 aliphatic carbocycles. The van der Waals surface area contributed by atoms with Crippen LogP contribution in [-0.2, 0) is 17.1 Å². The van der Waals surface area contributed by atoms with Gasteiger partial charge in [-0.15, -0.1) is 11.3 Å². The van der Waals surface area contributed by atoms with Crippen LogP contribution in [0.1, 0.15) is 45.5 Å². The summed E-state index contributed by atoms with van der Waals surface area (Å²) in [5, 5.41) is 7.49. The molecule has 176 valence electrons. The number of sulfonamides is 1. The lowest BCUT2D eigenvalue weighted by Crippen LogP contribution is -2.23. The van der Waals surface area contributed by atoms with Gasteiger partial charge in [-0.2, -0.15) is 5.10 Å². The van der Waals surface area contributed by atoms with E-state index in [9.17, 15) is 18.0 Å². The van der Waals surface area contributed by atoms with E-state index in [4.69, 9.17) is 0 Å². The minimum Gasteiger partial charge on any atom is -0.321 e. The lowest BCUT2D eigenvalue weighted by Gasteiger charge is -2.14. The number of amides is 1. The second-order valence-electron chi connectivity index (χ2n) is 7.80. The van der Waals surface area contributed by atoms with Crippen LogP contribution in [-0.4, -0.2) is 34.8 Å². The van der Waals surface area contributed by atoms with E-state index in [1.165, 1.54) is 4.68 Å². The molecule has 0 aliphatic rings. The van der Waals surface area contributed by atoms with Gasteiger partial charge in [-0.3, -0.25) is 14.3 Å². The molecule has 0 aliphatic heterocycles. The molecule has 11 heteroatoms. The van der Waals surface area contributed by atoms with Gasteiger partial charge in [0.25, 0.3) is 11.5 Å². The number of anilines is 2. The van der Waals surface area contributed by atoms with Crippen molar-refractivity contribution in [1.29, 1.82) is 0 Å². The number of aryl methyl sites for hydroxylation is 3. The summed E-state index contributed by atoms with van der Waals surface area (Å²) < 4.78 is 28.1. The van der Waals surface area contributed by atoms with Crippen molar-refractivity contribution in [3.05, 3.63) is 55.9 Å². The molecule has 9 nitrogen and oxygen atoms in total. The van der Waals surface area contributed by atoms with Crippen molar-refractivity contribution < 1.29 is 13.2 Å². The molecule has 1 aromatic carbocycles. The largest absolute Gasteiger partial charge is 0.321 e. The summed E-state index contributed by atoms with van der Waals surface area (Å²) in [6.45, 7) is 8.86. The van der Waals surface area contributed by atoms with Crippen molar-refractivity contribution in [3.63, 3.8) is 0 Å². The first-order valence-electron chi connectivity index (χ1n) is 10.4. The van der Waals surface area contributed by atoms with Crippen LogP contribution in [0.25, 0.3) is 10.6 Å². The number of nitrogens with one attached hydrogen (secondary N) is 2. The van der Waals surface area contributed by atoms with Crippen molar-refractivity contribution in [2.24, 2.45) is 7.05 Å². The fourth-order valence-electron chi connectivity index (χ4n) is 3.36. The maximum atomic E-state index is 13.1. The Bertz CT molecular complexity index is 1390. The lowest BCUT2D eigenvalue weighted by molar-refractivity contribution is 0.102. The van der Waals surface area contributed by atoms with Crippen LogP contribution >= 0.6 is 11.3 Å². The fraction of sp³-hybridized carbons (Fsp3) is 0.364. The predicted molar refractivity (Wildman–Crippen MR) is 132 cm³/mol. The van der Waals surface area contributed by atoms with Crippen molar-refractivity contribution in [1.82, 2.24) is 14.8 Å². The highest BCUT2D eigenvalue weighted by atomic mass is 32.2. The van der Waals surface area contributed by atoms with E-state index in [-0.39, 0.29) is 17.2 Å². The maximum Gasteiger partial charge on any atom is 0.277 e. The second kappa shape index (κ2) is 9.44. The molecule has 33 heavy (non-hydrogen) atoms. The van der Waals surface area contributed by atoms with Gasteiger partial charge in [-0.05, 0) is 57.4 Å². The number of hydrogen-bond acceptors (Lipinski definition) is 7. The molecule has 1 amide bonds. The Morgan fingerprint density at radius 2 is 1.76 bits per heavy atom. The number of thiazole rings is 1. The summed E-state index contributed by atoms with van der Waals surface area (Å²) in [6.07, 6.45) is 0.497. The van der Waals surface area contributed by atoms with Crippen LogP contribution in [0.2, 0.25) is 0 Å². The first-order chi connectivity index (χ1) is 15.4. The minimum atomic E-state index is -3.46. The van der Waals surface area contributed by atoms with Crippen molar-refractivity contribution in [2.75, 3.05) is 15.8 Å². The van der Waals surface area contributed by atoms with Gasteiger partial charge in [0.1, 0.15) is 9.88 Å². The standard InChI is InChI=1S/C22H27N5O4S2/c1-7-11-33(30,31)26-17-10-8-9-16(13(17)3)24-20(28)19-15(5)23-21(32-19)18-12(2)14(4)25-27(6)22(18)29/h8-10,26H,7,11H2,1-6H3,(H,24,28). The van der Waals surface area contributed by atoms with E-state index in [1.54, 1.807) is 46.0 Å². The van der Waals surface area contributed by atoms with Crippen LogP contribution in [0.5, 0.6) is 0 Å². The normalized spacial score (nSPS) is 11.5. The molecule has 0 atom stereocenters. The third-order valence-electron chi connectivity index (χ3n) is 5.26. The van der Waals surface area contributed by atoms with Gasteiger partial charge in [-0.25, -0.2) is 18.1 Å². The lowest BCUT2D eigenvalue weighted by atomic mass is 10.1. The van der Waals surface area contributed by atoms with Gasteiger partial charge < -0.3 is 5.32 Å². The molecule has 0 unspecified atom stereocenters. The van der Waals surface area contributed by atoms with Crippen LogP contribution in [0, 0.1) is 27.7 Å². The topological polar surface area (TPSA) is 123 Å². The summed E-state index contributed by atoms with van der Waals surface area (Å²) >= 11 is 1.14. The Kier molecular flexibility index (Phi) is 7.03. The van der Waals surface area contributed by atoms with Gasteiger partial charge in [0, 0.05) is 12.7 Å². The average Bonchev–Trinajstić information content (AvgIpc) is 3.10. The van der Waals surface area contributed by atoms with E-state index in [0.717, 1.165) is 16.9 Å². The smallest absolute Gasteiger partial charge is 0.277 e. The Morgan fingerprint density at radius 3 is 2.42 bits per heavy atom. The van der Waals surface area contributed by atoms with Gasteiger partial charge in [-0.1, -0.05) is 13.0 Å². The molecule has 0 saturated heterocycles. The van der Waals surface area contributed by atoms with Crippen LogP contribution in [0.3, 0.4) is 0 Å². The Labute approximate surface area is 196 Å². The average molecular weight is 490 g/mol. The summed E-state index contributed by atoms with van der Waals surface area (Å²) in [7, 11) is -1.88. The first-order valence-corrected chi connectivity index (χ1v) is 12.9. The van der Waals surface area contributed by atoms with E-state index in [0.29, 0.717) is 50.2 Å². The minimum absolute atomic E-state index is 0.0131. The number of hydrogen-bond donors (Lipinski definition) is 2. The number of carbonyl (C=O) groups is 1. The molecule has 3 rings (SSSR count). The molecular formula is C22H27N5O4S2. The summed E-state index contributed by atoms with van der Waals surface area (Å²) in [6, 6.07) is 5.02. The highest BCUT2D eigenvalue weighted by Gasteiger charge is 2.22. The molecular weight excluding hydrogens is 462 g/mol. The third kappa shape index (κ3) is 5.14. The van der Waals surface area contributed by atoms with E-state index >= 15 is 0 Å². The monoisotopic (exact) mass is 489 g/mol. The molecule has 0 fully saturated rings. The SMILES string of the molecule is CCCS(=O)(=O)Nc1cccc(NC(=O)c2sc(-c3c(C)c(C)nn(C)c3=O)nc2C)c1C. The molecule has 0 saturated carbocycles. The zero-order valence-electron chi connectivity index (χ0n) is 19.4. The van der Waals surface area contributed by atoms with Crippen molar-refractivity contribution in [2.45, 2.75) is 41.0 Å². The van der Waals surface area contributed by atoms with E-state index in [1.807, 2.05) is 13.8 Å². The van der Waals surface area contributed by atoms with E-state index in [2.05, 4.69) is 20.1 Å². The number of aromatic nitrogens is 3. The van der Waals surface area contributed by atoms with E-state index < -0.39 is 10.0 Å². The fourth-order valence-corrected chi connectivity index (χ4v) is 5.61. The summed E-state index contributed by atoms with van der Waals surface area (Å²) in [4.78, 5) is 30.6. The highest BCUT2D eigenvalue weighted by Crippen LogP contribution is 2.30. The van der Waals surface area contributed by atoms with Crippen LogP contribution < -0.4 is 15.6 Å². The number of nitrogens with zero attached hydrogens (tertiary/aromatic N) is 3. The molecule has 2 N–H and O–H groups in total. The predicted octanol–water partition coefficient (Wildman–Crippen LogP) is 3.54. The highest BCUT2D eigenvalue weighted by molar-refractivity contribution is 7.92. The first kappa shape index (κ1) is 24.6. The number of carbonyl (C=O) groups excluding carboxylic acids is 1. The van der Waals surface area contributed by atoms with Crippen molar-refractivity contribution >= 4 is 38.6 Å². The molecule has 2 aromatic heterocycles. The van der Waals surface area contributed by atoms with Gasteiger partial charge >= 0.3 is 0 Å². The Balaban J connectivity index is 1.93. The number of rotatable bonds is 7. The van der Waals surface area contributed by atoms with Crippen LogP contribution in [0.4, 0.5) is 11.4 Å². The Morgan fingerprint density at radius 1 is 1.09 bits per heavy atom. The quantitative estimate of drug-likeness (QED) is 0.523. The zero-order valence-corrected chi connectivity index (χ0v) is 21.1. The maximum absolute atomic E-state index is 13.1. The zero-order chi connectivity index (χ0) is 24.5. The third-order valence-corrected chi connectivity index (χ3v) is 7.91. The Hall–Kier alpha value is -3.05. The van der Waals surface area contributed by atoms with Crippen molar-refractivity contribution in [3.8, 4) is 10.6 Å². The van der Waals surface area contributed by atoms with Gasteiger partial charge in [0.2, 0.25) is 10.0 Å². The van der Waals surface area contributed by atoms with Gasteiger partial charge in [0.15, 0.2) is 0 Å². The summed E-state index contributed by atoms with van der Waals surface area (Å²) in [5.74, 6) is -0.368. The molecule has 0 bridgehead atoms.